The fourth-order valence-corrected chi connectivity index (χ4v) is 3.01. The molecule has 1 saturated heterocycles. The quantitative estimate of drug-likeness (QED) is 0.846. The van der Waals surface area contributed by atoms with E-state index in [1.54, 1.807) is 0 Å². The highest BCUT2D eigenvalue weighted by molar-refractivity contribution is 5.70. The molecule has 0 radical (unpaired) electrons. The zero-order valence-electron chi connectivity index (χ0n) is 14.3. The first-order valence-corrected chi connectivity index (χ1v) is 8.59. The van der Waals surface area contributed by atoms with E-state index >= 15 is 0 Å². The predicted molar refractivity (Wildman–Crippen MR) is 92.8 cm³/mol. The number of hydrogen-bond acceptors (Lipinski definition) is 4. The van der Waals surface area contributed by atoms with Gasteiger partial charge in [-0.15, -0.1) is 0 Å². The smallest absolute Gasteiger partial charge is 0.410 e. The van der Waals surface area contributed by atoms with Crippen LogP contribution in [-0.4, -0.2) is 43.2 Å². The van der Waals surface area contributed by atoms with Crippen molar-refractivity contribution in [2.24, 2.45) is 5.73 Å². The van der Waals surface area contributed by atoms with Crippen LogP contribution in [0.3, 0.4) is 0 Å². The number of ether oxygens (including phenoxy) is 1. The van der Waals surface area contributed by atoms with Gasteiger partial charge in [0.05, 0.1) is 0 Å². The number of carbonyl (C=O) groups excluding carboxylic acids is 1. The van der Waals surface area contributed by atoms with Crippen LogP contribution >= 0.6 is 0 Å². The molecule has 5 heteroatoms. The fraction of sp³-hybridized carbons (Fsp3) is 0.611. The number of nitrogens with two attached hydrogens (primary N) is 1. The normalized spacial score (nSPS) is 16.5. The van der Waals surface area contributed by atoms with Crippen LogP contribution in [0.5, 0.6) is 5.75 Å². The van der Waals surface area contributed by atoms with Crippen molar-refractivity contribution in [3.63, 3.8) is 0 Å². The van der Waals surface area contributed by atoms with E-state index in [4.69, 9.17) is 10.5 Å². The third-order valence-corrected chi connectivity index (χ3v) is 4.21. The first-order chi connectivity index (χ1) is 11.1. The minimum Gasteiger partial charge on any atom is -0.410 e. The van der Waals surface area contributed by atoms with Gasteiger partial charge in [-0.2, -0.15) is 0 Å². The number of piperidine rings is 1. The molecule has 0 bridgehead atoms. The highest BCUT2D eigenvalue weighted by Gasteiger charge is 2.20. The summed E-state index contributed by atoms with van der Waals surface area (Å²) in [6.45, 7) is 7.92. The molecule has 0 atom stereocenters. The van der Waals surface area contributed by atoms with E-state index in [9.17, 15) is 4.79 Å². The Hall–Kier alpha value is -1.59. The van der Waals surface area contributed by atoms with Crippen LogP contribution in [0, 0.1) is 0 Å². The molecule has 0 saturated carbocycles. The first kappa shape index (κ1) is 17.8. The minimum absolute atomic E-state index is 0.0727. The Labute approximate surface area is 139 Å². The molecular formula is C18H29N3O2. The van der Waals surface area contributed by atoms with Gasteiger partial charge in [-0.3, -0.25) is 0 Å². The van der Waals surface area contributed by atoms with Gasteiger partial charge in [0.15, 0.2) is 0 Å². The molecule has 1 fully saturated rings. The van der Waals surface area contributed by atoms with Crippen LogP contribution in [0.1, 0.15) is 44.6 Å². The highest BCUT2D eigenvalue weighted by atomic mass is 16.6. The van der Waals surface area contributed by atoms with Crippen molar-refractivity contribution in [2.75, 3.05) is 26.2 Å². The van der Waals surface area contributed by atoms with Gasteiger partial charge in [-0.25, -0.2) is 4.79 Å². The van der Waals surface area contributed by atoms with Crippen molar-refractivity contribution in [3.05, 3.63) is 29.8 Å². The van der Waals surface area contributed by atoms with Crippen LogP contribution in [0.4, 0.5) is 4.79 Å². The Morgan fingerprint density at radius 3 is 2.78 bits per heavy atom. The molecule has 1 aliphatic heterocycles. The summed E-state index contributed by atoms with van der Waals surface area (Å²) in [6, 6.07) is 8.00. The fourth-order valence-electron chi connectivity index (χ4n) is 3.01. The van der Waals surface area contributed by atoms with Gasteiger partial charge >= 0.3 is 6.09 Å². The molecule has 0 unspecified atom stereocenters. The standard InChI is InChI=1S/C18H29N3O2/c1-14(2)20-18(22)23-17-6-3-5-16(13-17)15-7-11-21(12-8-15)10-4-9-19/h3,5-6,13-15H,4,7-12,19H2,1-2H3,(H,20,22). The van der Waals surface area contributed by atoms with E-state index in [0.29, 0.717) is 11.7 Å². The maximum atomic E-state index is 11.7. The van der Waals surface area contributed by atoms with Gasteiger partial charge in [-0.1, -0.05) is 12.1 Å². The number of carbonyl (C=O) groups is 1. The highest BCUT2D eigenvalue weighted by Crippen LogP contribution is 2.30. The molecule has 128 valence electrons. The summed E-state index contributed by atoms with van der Waals surface area (Å²) in [5.41, 5.74) is 6.84. The molecule has 5 nitrogen and oxygen atoms in total. The summed E-state index contributed by atoms with van der Waals surface area (Å²) in [6.07, 6.45) is 2.96. The van der Waals surface area contributed by atoms with Gasteiger partial charge in [-0.05, 0) is 82.9 Å². The Kier molecular flexibility index (Phi) is 6.86. The molecule has 1 aromatic carbocycles. The Bertz CT molecular complexity index is 497. The van der Waals surface area contributed by atoms with Crippen LogP contribution in [0.15, 0.2) is 24.3 Å². The topological polar surface area (TPSA) is 67.6 Å². The molecule has 1 amide bonds. The third kappa shape index (κ3) is 5.84. The van der Waals surface area contributed by atoms with E-state index in [0.717, 1.165) is 45.4 Å². The van der Waals surface area contributed by atoms with Gasteiger partial charge in [0.1, 0.15) is 5.75 Å². The van der Waals surface area contributed by atoms with E-state index in [-0.39, 0.29) is 6.04 Å². The zero-order chi connectivity index (χ0) is 16.7. The number of nitrogens with zero attached hydrogens (tertiary/aromatic N) is 1. The molecule has 23 heavy (non-hydrogen) atoms. The van der Waals surface area contributed by atoms with Crippen LogP contribution in [0.2, 0.25) is 0 Å². The molecule has 2 rings (SSSR count). The second-order valence-corrected chi connectivity index (χ2v) is 6.52. The summed E-state index contributed by atoms with van der Waals surface area (Å²) in [7, 11) is 0. The summed E-state index contributed by atoms with van der Waals surface area (Å²) in [4.78, 5) is 14.2. The zero-order valence-corrected chi connectivity index (χ0v) is 14.3. The number of likely N-dealkylation sites (tertiary alicyclic amines) is 1. The number of rotatable bonds is 6. The summed E-state index contributed by atoms with van der Waals surface area (Å²) >= 11 is 0. The number of amides is 1. The largest absolute Gasteiger partial charge is 0.412 e. The summed E-state index contributed by atoms with van der Waals surface area (Å²) in [5, 5.41) is 2.74. The summed E-state index contributed by atoms with van der Waals surface area (Å²) < 4.78 is 5.36. The third-order valence-electron chi connectivity index (χ3n) is 4.21. The van der Waals surface area contributed by atoms with Crippen LogP contribution in [-0.2, 0) is 0 Å². The lowest BCUT2D eigenvalue weighted by molar-refractivity contribution is 0.197. The Balaban J connectivity index is 1.89. The monoisotopic (exact) mass is 319 g/mol. The Morgan fingerprint density at radius 2 is 2.13 bits per heavy atom. The lowest BCUT2D eigenvalue weighted by Crippen LogP contribution is -2.34. The lowest BCUT2D eigenvalue weighted by Gasteiger charge is -2.32. The maximum Gasteiger partial charge on any atom is 0.412 e. The van der Waals surface area contributed by atoms with E-state index < -0.39 is 6.09 Å². The molecule has 0 aromatic heterocycles. The Morgan fingerprint density at radius 1 is 1.39 bits per heavy atom. The van der Waals surface area contributed by atoms with Gasteiger partial charge in [0.2, 0.25) is 0 Å². The number of benzene rings is 1. The van der Waals surface area contributed by atoms with Crippen molar-refractivity contribution in [1.29, 1.82) is 0 Å². The van der Waals surface area contributed by atoms with Crippen molar-refractivity contribution in [2.45, 2.75) is 45.1 Å². The van der Waals surface area contributed by atoms with Crippen LogP contribution < -0.4 is 15.8 Å². The first-order valence-electron chi connectivity index (χ1n) is 8.59. The molecule has 1 aliphatic rings. The van der Waals surface area contributed by atoms with E-state index in [1.165, 1.54) is 5.56 Å². The van der Waals surface area contributed by atoms with E-state index in [1.807, 2.05) is 32.0 Å². The van der Waals surface area contributed by atoms with E-state index in [2.05, 4.69) is 16.3 Å². The van der Waals surface area contributed by atoms with Gasteiger partial charge in [0.25, 0.3) is 0 Å². The molecule has 1 heterocycles. The minimum atomic E-state index is -0.395. The van der Waals surface area contributed by atoms with Crippen molar-refractivity contribution in [1.82, 2.24) is 10.2 Å². The lowest BCUT2D eigenvalue weighted by atomic mass is 9.89. The number of hydrogen-bond donors (Lipinski definition) is 2. The van der Waals surface area contributed by atoms with Gasteiger partial charge < -0.3 is 20.7 Å². The predicted octanol–water partition coefficient (Wildman–Crippen LogP) is 2.71. The van der Waals surface area contributed by atoms with Crippen molar-refractivity contribution < 1.29 is 9.53 Å². The molecule has 0 aliphatic carbocycles. The van der Waals surface area contributed by atoms with Crippen molar-refractivity contribution in [3.8, 4) is 5.75 Å². The second kappa shape index (κ2) is 8.89. The molecular weight excluding hydrogens is 290 g/mol. The SMILES string of the molecule is CC(C)NC(=O)Oc1cccc(C2CCN(CCCN)CC2)c1. The molecule has 3 N–H and O–H groups in total. The van der Waals surface area contributed by atoms with Crippen LogP contribution in [0.25, 0.3) is 0 Å². The number of nitrogens with one attached hydrogen (secondary N) is 1. The average Bonchev–Trinajstić information content (AvgIpc) is 2.53. The molecule has 1 aromatic rings. The maximum absolute atomic E-state index is 11.7. The summed E-state index contributed by atoms with van der Waals surface area (Å²) in [5.74, 6) is 1.16. The van der Waals surface area contributed by atoms with Crippen molar-refractivity contribution >= 4 is 6.09 Å². The second-order valence-electron chi connectivity index (χ2n) is 6.52. The average molecular weight is 319 g/mol. The van der Waals surface area contributed by atoms with Gasteiger partial charge in [0, 0.05) is 6.04 Å². The molecule has 0 spiro atoms.